The van der Waals surface area contributed by atoms with E-state index in [0.29, 0.717) is 19.6 Å². The number of carbonyl (C=O) groups excluding carboxylic acids is 1. The van der Waals surface area contributed by atoms with Gasteiger partial charge in [-0.05, 0) is 19.1 Å². The standard InChI is InChI=1S/C15H22N2O3/c1-13-2-4-14(5-3-13)20-12-15(19)17-8-6-16(7-9-17)10-11-18/h2-5,18H,6-12H2,1H3. The minimum Gasteiger partial charge on any atom is -0.484 e. The molecule has 1 heterocycles. The summed E-state index contributed by atoms with van der Waals surface area (Å²) in [6, 6.07) is 7.69. The number of aryl methyl sites for hydroxylation is 1. The molecular formula is C15H22N2O3. The molecule has 0 radical (unpaired) electrons. The Morgan fingerprint density at radius 2 is 1.85 bits per heavy atom. The topological polar surface area (TPSA) is 53.0 Å². The van der Waals surface area contributed by atoms with E-state index in [1.807, 2.05) is 36.1 Å². The molecule has 0 saturated carbocycles. The molecule has 1 aliphatic rings. The number of aliphatic hydroxyl groups is 1. The van der Waals surface area contributed by atoms with Gasteiger partial charge >= 0.3 is 0 Å². The predicted molar refractivity (Wildman–Crippen MR) is 76.8 cm³/mol. The number of rotatable bonds is 5. The van der Waals surface area contributed by atoms with Gasteiger partial charge in [-0.3, -0.25) is 9.69 Å². The molecule has 0 spiro atoms. The number of amides is 1. The summed E-state index contributed by atoms with van der Waals surface area (Å²) < 4.78 is 5.51. The third-order valence-electron chi connectivity index (χ3n) is 3.52. The number of aliphatic hydroxyl groups excluding tert-OH is 1. The van der Waals surface area contributed by atoms with Crippen molar-refractivity contribution < 1.29 is 14.6 Å². The van der Waals surface area contributed by atoms with Gasteiger partial charge in [-0.15, -0.1) is 0 Å². The number of nitrogens with zero attached hydrogens (tertiary/aromatic N) is 2. The summed E-state index contributed by atoms with van der Waals surface area (Å²) in [7, 11) is 0. The Hall–Kier alpha value is -1.59. The van der Waals surface area contributed by atoms with Crippen molar-refractivity contribution in [1.82, 2.24) is 9.80 Å². The summed E-state index contributed by atoms with van der Waals surface area (Å²) in [5.41, 5.74) is 1.17. The van der Waals surface area contributed by atoms with E-state index >= 15 is 0 Å². The van der Waals surface area contributed by atoms with Crippen LogP contribution >= 0.6 is 0 Å². The molecular weight excluding hydrogens is 256 g/mol. The number of ether oxygens (including phenoxy) is 1. The first-order valence-electron chi connectivity index (χ1n) is 6.99. The average Bonchev–Trinajstić information content (AvgIpc) is 2.47. The van der Waals surface area contributed by atoms with E-state index in [1.165, 1.54) is 5.56 Å². The maximum Gasteiger partial charge on any atom is 0.260 e. The van der Waals surface area contributed by atoms with Gasteiger partial charge in [-0.1, -0.05) is 17.7 Å². The second-order valence-corrected chi connectivity index (χ2v) is 5.05. The zero-order valence-electron chi connectivity index (χ0n) is 11.9. The van der Waals surface area contributed by atoms with E-state index in [-0.39, 0.29) is 19.1 Å². The Morgan fingerprint density at radius 3 is 2.45 bits per heavy atom. The average molecular weight is 278 g/mol. The molecule has 5 nitrogen and oxygen atoms in total. The van der Waals surface area contributed by atoms with Crippen LogP contribution in [0.5, 0.6) is 5.75 Å². The van der Waals surface area contributed by atoms with Crippen molar-refractivity contribution in [2.75, 3.05) is 45.9 Å². The minimum atomic E-state index is 0.0224. The van der Waals surface area contributed by atoms with Crippen LogP contribution in [0.4, 0.5) is 0 Å². The van der Waals surface area contributed by atoms with Gasteiger partial charge in [0.25, 0.3) is 5.91 Å². The Morgan fingerprint density at radius 1 is 1.20 bits per heavy atom. The second-order valence-electron chi connectivity index (χ2n) is 5.05. The minimum absolute atomic E-state index is 0.0224. The number of β-amino-alcohol motifs (C(OH)–C–C–N with tert-alkyl or cyclic N) is 1. The molecule has 110 valence electrons. The van der Waals surface area contributed by atoms with Crippen LogP contribution in [0.1, 0.15) is 5.56 Å². The van der Waals surface area contributed by atoms with Gasteiger partial charge in [-0.25, -0.2) is 0 Å². The summed E-state index contributed by atoms with van der Waals surface area (Å²) in [4.78, 5) is 16.0. The van der Waals surface area contributed by atoms with E-state index in [2.05, 4.69) is 4.90 Å². The molecule has 5 heteroatoms. The zero-order valence-corrected chi connectivity index (χ0v) is 11.9. The lowest BCUT2D eigenvalue weighted by atomic mass is 10.2. The van der Waals surface area contributed by atoms with Crippen molar-refractivity contribution in [3.05, 3.63) is 29.8 Å². The van der Waals surface area contributed by atoms with Crippen LogP contribution in [0.2, 0.25) is 0 Å². The van der Waals surface area contributed by atoms with Gasteiger partial charge in [0.1, 0.15) is 5.75 Å². The second kappa shape index (κ2) is 7.26. The Balaban J connectivity index is 1.74. The molecule has 1 fully saturated rings. The fourth-order valence-electron chi connectivity index (χ4n) is 2.23. The third kappa shape index (κ3) is 4.21. The highest BCUT2D eigenvalue weighted by molar-refractivity contribution is 5.77. The SMILES string of the molecule is Cc1ccc(OCC(=O)N2CCN(CCO)CC2)cc1. The van der Waals surface area contributed by atoms with Crippen molar-refractivity contribution in [1.29, 1.82) is 0 Å². The van der Waals surface area contributed by atoms with Crippen molar-refractivity contribution in [2.45, 2.75) is 6.92 Å². The third-order valence-corrected chi connectivity index (χ3v) is 3.52. The fourth-order valence-corrected chi connectivity index (χ4v) is 2.23. The van der Waals surface area contributed by atoms with E-state index in [4.69, 9.17) is 9.84 Å². The first-order chi connectivity index (χ1) is 9.69. The van der Waals surface area contributed by atoms with E-state index in [1.54, 1.807) is 0 Å². The van der Waals surface area contributed by atoms with Crippen molar-refractivity contribution in [2.24, 2.45) is 0 Å². The fraction of sp³-hybridized carbons (Fsp3) is 0.533. The van der Waals surface area contributed by atoms with E-state index in [9.17, 15) is 4.79 Å². The molecule has 0 atom stereocenters. The molecule has 0 aliphatic carbocycles. The summed E-state index contributed by atoms with van der Waals surface area (Å²) in [5, 5.41) is 8.88. The monoisotopic (exact) mass is 278 g/mol. The highest BCUT2D eigenvalue weighted by atomic mass is 16.5. The molecule has 0 unspecified atom stereocenters. The molecule has 20 heavy (non-hydrogen) atoms. The van der Waals surface area contributed by atoms with Gasteiger partial charge < -0.3 is 14.7 Å². The molecule has 0 bridgehead atoms. The number of benzene rings is 1. The Kier molecular flexibility index (Phi) is 5.38. The van der Waals surface area contributed by atoms with Crippen LogP contribution < -0.4 is 4.74 Å². The molecule has 1 saturated heterocycles. The van der Waals surface area contributed by atoms with Gasteiger partial charge in [-0.2, -0.15) is 0 Å². The van der Waals surface area contributed by atoms with Crippen LogP contribution in [0, 0.1) is 6.92 Å². The highest BCUT2D eigenvalue weighted by Crippen LogP contribution is 2.11. The summed E-state index contributed by atoms with van der Waals surface area (Å²) in [6.07, 6.45) is 0. The maximum absolute atomic E-state index is 12.0. The summed E-state index contributed by atoms with van der Waals surface area (Å²) in [5.74, 6) is 0.747. The van der Waals surface area contributed by atoms with Gasteiger partial charge in [0.05, 0.1) is 6.61 Å². The van der Waals surface area contributed by atoms with Crippen LogP contribution in [0.3, 0.4) is 0 Å². The lowest BCUT2D eigenvalue weighted by Crippen LogP contribution is -2.50. The number of hydrogen-bond acceptors (Lipinski definition) is 4. The number of hydrogen-bond donors (Lipinski definition) is 1. The first kappa shape index (κ1) is 14.8. The van der Waals surface area contributed by atoms with Crippen LogP contribution in [-0.2, 0) is 4.79 Å². The normalized spacial score (nSPS) is 16.2. The smallest absolute Gasteiger partial charge is 0.260 e. The van der Waals surface area contributed by atoms with Crippen LogP contribution in [-0.4, -0.2) is 66.8 Å². The van der Waals surface area contributed by atoms with Gasteiger partial charge in [0.2, 0.25) is 0 Å². The lowest BCUT2D eigenvalue weighted by molar-refractivity contribution is -0.135. The van der Waals surface area contributed by atoms with Gasteiger partial charge in [0, 0.05) is 32.7 Å². The molecule has 1 N–H and O–H groups in total. The quantitative estimate of drug-likeness (QED) is 0.853. The molecule has 0 aromatic heterocycles. The molecule has 1 aromatic rings. The van der Waals surface area contributed by atoms with Crippen molar-refractivity contribution >= 4 is 5.91 Å². The summed E-state index contributed by atoms with van der Waals surface area (Å²) >= 11 is 0. The summed E-state index contributed by atoms with van der Waals surface area (Å²) in [6.45, 7) is 6.00. The lowest BCUT2D eigenvalue weighted by Gasteiger charge is -2.34. The largest absolute Gasteiger partial charge is 0.484 e. The van der Waals surface area contributed by atoms with Crippen LogP contribution in [0.25, 0.3) is 0 Å². The number of carbonyl (C=O) groups is 1. The maximum atomic E-state index is 12.0. The Bertz CT molecular complexity index is 425. The molecule has 2 rings (SSSR count). The van der Waals surface area contributed by atoms with Gasteiger partial charge in [0.15, 0.2) is 6.61 Å². The van der Waals surface area contributed by atoms with E-state index in [0.717, 1.165) is 18.8 Å². The first-order valence-corrected chi connectivity index (χ1v) is 6.99. The van der Waals surface area contributed by atoms with Crippen molar-refractivity contribution in [3.8, 4) is 5.75 Å². The zero-order chi connectivity index (χ0) is 14.4. The van der Waals surface area contributed by atoms with Crippen LogP contribution in [0.15, 0.2) is 24.3 Å². The number of piperazine rings is 1. The predicted octanol–water partition coefficient (Wildman–Crippen LogP) is 0.510. The van der Waals surface area contributed by atoms with Crippen molar-refractivity contribution in [3.63, 3.8) is 0 Å². The highest BCUT2D eigenvalue weighted by Gasteiger charge is 2.20. The molecule has 1 amide bonds. The molecule has 1 aromatic carbocycles. The molecule has 1 aliphatic heterocycles. The van der Waals surface area contributed by atoms with E-state index < -0.39 is 0 Å². The Labute approximate surface area is 119 Å².